The van der Waals surface area contributed by atoms with Crippen molar-refractivity contribution in [3.05, 3.63) is 87.7 Å². The number of rotatable bonds is 4. The van der Waals surface area contributed by atoms with E-state index in [1.165, 1.54) is 0 Å². The zero-order valence-electron chi connectivity index (χ0n) is 14.0. The normalized spacial score (nSPS) is 11.0. The molecule has 0 atom stereocenters. The van der Waals surface area contributed by atoms with Crippen molar-refractivity contribution < 1.29 is 4.79 Å². The lowest BCUT2D eigenvalue weighted by molar-refractivity contribution is 0.0955. The van der Waals surface area contributed by atoms with Crippen LogP contribution in [0.4, 0.5) is 0 Å². The number of para-hydroxylation sites is 1. The molecule has 0 aliphatic heterocycles. The topological polar surface area (TPSA) is 46.4 Å². The van der Waals surface area contributed by atoms with E-state index >= 15 is 0 Å². The maximum atomic E-state index is 12.0. The molecule has 25 heavy (non-hydrogen) atoms. The zero-order chi connectivity index (χ0) is 17.8. The van der Waals surface area contributed by atoms with E-state index in [-0.39, 0.29) is 5.91 Å². The minimum absolute atomic E-state index is 0.225. The second kappa shape index (κ2) is 7.49. The number of hydrogen-bond donors (Lipinski definition) is 1. The number of aromatic nitrogens is 1. The van der Waals surface area contributed by atoms with Gasteiger partial charge in [0.2, 0.25) is 0 Å². The van der Waals surface area contributed by atoms with E-state index in [0.29, 0.717) is 5.56 Å². The van der Waals surface area contributed by atoms with Crippen molar-refractivity contribution in [2.75, 3.05) is 0 Å². The summed E-state index contributed by atoms with van der Waals surface area (Å²) in [5, 5.41) is 4.10. The van der Waals surface area contributed by atoms with Crippen molar-refractivity contribution >= 4 is 28.1 Å². The van der Waals surface area contributed by atoms with Crippen LogP contribution in [0.3, 0.4) is 0 Å². The summed E-state index contributed by atoms with van der Waals surface area (Å²) in [4.78, 5) is 12.0. The molecule has 0 saturated heterocycles. The second-order valence-corrected chi connectivity index (χ2v) is 6.53. The van der Waals surface area contributed by atoms with E-state index in [9.17, 15) is 4.79 Å². The van der Waals surface area contributed by atoms with Gasteiger partial charge in [-0.1, -0.05) is 30.3 Å². The predicted octanol–water partition coefficient (Wildman–Crippen LogP) is 4.62. The summed E-state index contributed by atoms with van der Waals surface area (Å²) in [7, 11) is 0. The van der Waals surface area contributed by atoms with Gasteiger partial charge in [0.25, 0.3) is 5.91 Å². The van der Waals surface area contributed by atoms with Crippen LogP contribution < -0.4 is 5.43 Å². The number of carbonyl (C=O) groups excluding carboxylic acids is 1. The summed E-state index contributed by atoms with van der Waals surface area (Å²) in [5.41, 5.74) is 7.34. The fourth-order valence-corrected chi connectivity index (χ4v) is 3.20. The Morgan fingerprint density at radius 3 is 2.48 bits per heavy atom. The van der Waals surface area contributed by atoms with Crippen LogP contribution in [-0.4, -0.2) is 16.7 Å². The van der Waals surface area contributed by atoms with Crippen LogP contribution >= 0.6 is 15.9 Å². The molecule has 126 valence electrons. The molecule has 2 aromatic carbocycles. The van der Waals surface area contributed by atoms with Gasteiger partial charge >= 0.3 is 0 Å². The first-order valence-electron chi connectivity index (χ1n) is 7.90. The Morgan fingerprint density at radius 2 is 1.76 bits per heavy atom. The van der Waals surface area contributed by atoms with Gasteiger partial charge in [0.1, 0.15) is 0 Å². The standard InChI is InChI=1S/C20H18BrN3O/c1-14-12-17(13-22-23-20(25)16-8-4-3-5-9-16)15(2)24(14)19-11-7-6-10-18(19)21/h3-13H,1-2H3,(H,23,25)/b22-13+. The van der Waals surface area contributed by atoms with E-state index in [1.54, 1.807) is 18.3 Å². The van der Waals surface area contributed by atoms with Gasteiger partial charge < -0.3 is 4.57 Å². The first kappa shape index (κ1) is 17.2. The van der Waals surface area contributed by atoms with Crippen LogP contribution in [0.2, 0.25) is 0 Å². The molecule has 0 bridgehead atoms. The molecular formula is C20H18BrN3O. The largest absolute Gasteiger partial charge is 0.317 e. The number of amides is 1. The highest BCUT2D eigenvalue weighted by atomic mass is 79.9. The Hall–Kier alpha value is -2.66. The van der Waals surface area contributed by atoms with E-state index in [4.69, 9.17) is 0 Å². The first-order valence-corrected chi connectivity index (χ1v) is 8.69. The average molecular weight is 396 g/mol. The van der Waals surface area contributed by atoms with Crippen molar-refractivity contribution in [1.29, 1.82) is 0 Å². The Bertz CT molecular complexity index is 929. The fraction of sp³-hybridized carbons (Fsp3) is 0.100. The van der Waals surface area contributed by atoms with Gasteiger partial charge in [-0.25, -0.2) is 5.43 Å². The van der Waals surface area contributed by atoms with E-state index in [1.807, 2.05) is 56.3 Å². The number of hydrogen-bond acceptors (Lipinski definition) is 2. The Balaban J connectivity index is 1.82. The number of benzene rings is 2. The number of carbonyl (C=O) groups is 1. The molecule has 0 unspecified atom stereocenters. The molecule has 1 amide bonds. The van der Waals surface area contributed by atoms with Crippen LogP contribution in [0, 0.1) is 13.8 Å². The summed E-state index contributed by atoms with van der Waals surface area (Å²) in [5.74, 6) is -0.225. The summed E-state index contributed by atoms with van der Waals surface area (Å²) in [6.45, 7) is 4.08. The number of hydrazone groups is 1. The first-order chi connectivity index (χ1) is 12.1. The summed E-state index contributed by atoms with van der Waals surface area (Å²) in [6, 6.07) is 19.1. The van der Waals surface area contributed by atoms with Gasteiger partial charge in [-0.05, 0) is 60.1 Å². The molecule has 4 nitrogen and oxygen atoms in total. The second-order valence-electron chi connectivity index (χ2n) is 5.68. The third kappa shape index (κ3) is 3.72. The van der Waals surface area contributed by atoms with Crippen LogP contribution in [0.1, 0.15) is 27.3 Å². The Labute approximate surface area is 155 Å². The molecule has 1 heterocycles. The van der Waals surface area contributed by atoms with E-state index in [2.05, 4.69) is 37.1 Å². The maximum absolute atomic E-state index is 12.0. The number of aryl methyl sites for hydroxylation is 1. The van der Waals surface area contributed by atoms with E-state index < -0.39 is 0 Å². The molecule has 1 N–H and O–H groups in total. The van der Waals surface area contributed by atoms with Crippen LogP contribution in [0.5, 0.6) is 0 Å². The highest BCUT2D eigenvalue weighted by molar-refractivity contribution is 9.10. The average Bonchev–Trinajstić information content (AvgIpc) is 2.90. The van der Waals surface area contributed by atoms with Crippen LogP contribution in [-0.2, 0) is 0 Å². The minimum Gasteiger partial charge on any atom is -0.317 e. The third-order valence-electron chi connectivity index (χ3n) is 3.97. The molecule has 0 aliphatic carbocycles. The SMILES string of the molecule is Cc1cc(/C=N/NC(=O)c2ccccc2)c(C)n1-c1ccccc1Br. The van der Waals surface area contributed by atoms with Crippen molar-refractivity contribution in [2.45, 2.75) is 13.8 Å². The molecule has 3 aromatic rings. The maximum Gasteiger partial charge on any atom is 0.271 e. The molecular weight excluding hydrogens is 378 g/mol. The smallest absolute Gasteiger partial charge is 0.271 e. The van der Waals surface area contributed by atoms with Crippen LogP contribution in [0.15, 0.2) is 70.2 Å². The summed E-state index contributed by atoms with van der Waals surface area (Å²) in [6.07, 6.45) is 1.68. The third-order valence-corrected chi connectivity index (χ3v) is 4.64. The van der Waals surface area contributed by atoms with Gasteiger partial charge in [0, 0.05) is 27.0 Å². The monoisotopic (exact) mass is 395 g/mol. The minimum atomic E-state index is -0.225. The van der Waals surface area contributed by atoms with Crippen LogP contribution in [0.25, 0.3) is 5.69 Å². The van der Waals surface area contributed by atoms with E-state index in [0.717, 1.165) is 27.1 Å². The van der Waals surface area contributed by atoms with Crippen molar-refractivity contribution in [3.8, 4) is 5.69 Å². The fourth-order valence-electron chi connectivity index (χ4n) is 2.74. The van der Waals surface area contributed by atoms with Crippen molar-refractivity contribution in [3.63, 3.8) is 0 Å². The molecule has 0 saturated carbocycles. The van der Waals surface area contributed by atoms with Gasteiger partial charge in [-0.3, -0.25) is 4.79 Å². The number of nitrogens with zero attached hydrogens (tertiary/aromatic N) is 2. The highest BCUT2D eigenvalue weighted by Crippen LogP contribution is 2.25. The lowest BCUT2D eigenvalue weighted by Gasteiger charge is -2.11. The predicted molar refractivity (Wildman–Crippen MR) is 104 cm³/mol. The lowest BCUT2D eigenvalue weighted by Crippen LogP contribution is -2.17. The molecule has 0 spiro atoms. The van der Waals surface area contributed by atoms with Crippen molar-refractivity contribution in [1.82, 2.24) is 9.99 Å². The summed E-state index contributed by atoms with van der Waals surface area (Å²) < 4.78 is 3.18. The number of nitrogens with one attached hydrogen (secondary N) is 1. The zero-order valence-corrected chi connectivity index (χ0v) is 15.6. The van der Waals surface area contributed by atoms with Gasteiger partial charge in [0.15, 0.2) is 0 Å². The molecule has 0 aliphatic rings. The van der Waals surface area contributed by atoms with Gasteiger partial charge in [0.05, 0.1) is 11.9 Å². The molecule has 5 heteroatoms. The quantitative estimate of drug-likeness (QED) is 0.508. The van der Waals surface area contributed by atoms with Crippen molar-refractivity contribution in [2.24, 2.45) is 5.10 Å². The molecule has 0 fully saturated rings. The van der Waals surface area contributed by atoms with Gasteiger partial charge in [-0.15, -0.1) is 0 Å². The molecule has 0 radical (unpaired) electrons. The molecule has 1 aromatic heterocycles. The highest BCUT2D eigenvalue weighted by Gasteiger charge is 2.11. The Morgan fingerprint density at radius 1 is 1.08 bits per heavy atom. The Kier molecular flexibility index (Phi) is 5.14. The number of halogens is 1. The van der Waals surface area contributed by atoms with Gasteiger partial charge in [-0.2, -0.15) is 5.10 Å². The summed E-state index contributed by atoms with van der Waals surface area (Å²) >= 11 is 3.60. The molecule has 3 rings (SSSR count). The lowest BCUT2D eigenvalue weighted by atomic mass is 10.2.